The number of imidazole rings is 1. The first kappa shape index (κ1) is 33.8. The molecule has 0 bridgehead atoms. The minimum Gasteiger partial charge on any atom is -0.355 e. The minimum atomic E-state index is -4.53. The van der Waals surface area contributed by atoms with Crippen LogP contribution < -0.4 is 10.6 Å². The molecular weight excluding hydrogens is 651 g/mol. The zero-order chi connectivity index (χ0) is 34.4. The quantitative estimate of drug-likeness (QED) is 0.338. The molecule has 6 rings (SSSR count). The Kier molecular flexibility index (Phi) is 8.97. The second-order valence-corrected chi connectivity index (χ2v) is 12.6. The molecule has 2 amide bonds. The maximum atomic E-state index is 14.1. The number of alkyl halides is 7. The average molecular weight is 686 g/mol. The van der Waals surface area contributed by atoms with Gasteiger partial charge in [0.25, 0.3) is 17.6 Å². The summed E-state index contributed by atoms with van der Waals surface area (Å²) in [6.07, 6.45) is -3.69. The molecule has 3 aromatic heterocycles. The van der Waals surface area contributed by atoms with E-state index in [0.717, 1.165) is 0 Å². The predicted octanol–water partition coefficient (Wildman–Crippen LogP) is 4.39. The fourth-order valence-corrected chi connectivity index (χ4v) is 6.46. The highest BCUT2D eigenvalue weighted by Crippen LogP contribution is 2.39. The molecule has 1 saturated carbocycles. The Morgan fingerprint density at radius 2 is 1.83 bits per heavy atom. The summed E-state index contributed by atoms with van der Waals surface area (Å²) < 4.78 is 99.7. The van der Waals surface area contributed by atoms with Crippen molar-refractivity contribution in [3.05, 3.63) is 46.8 Å². The average Bonchev–Trinajstić information content (AvgIpc) is 3.74. The van der Waals surface area contributed by atoms with Gasteiger partial charge in [-0.25, -0.2) is 32.0 Å². The number of rotatable bonds is 8. The van der Waals surface area contributed by atoms with Crippen molar-refractivity contribution in [2.75, 3.05) is 19.6 Å². The van der Waals surface area contributed by atoms with Crippen LogP contribution in [0.25, 0.3) is 11.5 Å². The normalized spacial score (nSPS) is 23.0. The fraction of sp³-hybridized carbons (Fsp3) is 0.600. The molecule has 3 aromatic rings. The summed E-state index contributed by atoms with van der Waals surface area (Å²) in [5.74, 6) is -9.81. The van der Waals surface area contributed by atoms with Crippen molar-refractivity contribution in [1.82, 2.24) is 44.9 Å². The van der Waals surface area contributed by atoms with Crippen LogP contribution in [0.1, 0.15) is 73.0 Å². The third kappa shape index (κ3) is 7.32. The Labute approximate surface area is 270 Å². The number of fused-ring (bicyclic) bond motifs is 1. The number of likely N-dealkylation sites (tertiary alicyclic amines) is 1. The summed E-state index contributed by atoms with van der Waals surface area (Å²) in [5, 5.41) is 13.8. The molecule has 2 N–H and O–H groups in total. The Morgan fingerprint density at radius 1 is 1.08 bits per heavy atom. The molecule has 0 unspecified atom stereocenters. The number of hydrogen-bond donors (Lipinski definition) is 2. The Balaban J connectivity index is 1.38. The molecule has 0 aromatic carbocycles. The highest BCUT2D eigenvalue weighted by Gasteiger charge is 2.45. The van der Waals surface area contributed by atoms with Crippen molar-refractivity contribution in [3.63, 3.8) is 0 Å². The van der Waals surface area contributed by atoms with Gasteiger partial charge >= 0.3 is 6.18 Å². The SMILES string of the molecule is CCn1nccc1C(=O)NC(=C1CCC(F)(F)CC1)c1cn2nc(C[C@H]3C[C@@H](C(F)(F)F)CNC3=O)c(CN3CCC(F)(F)C3)nc2n1. The van der Waals surface area contributed by atoms with E-state index in [-0.39, 0.29) is 73.0 Å². The molecule has 11 nitrogen and oxygen atoms in total. The molecule has 0 radical (unpaired) electrons. The zero-order valence-electron chi connectivity index (χ0n) is 26.0. The third-order valence-corrected chi connectivity index (χ3v) is 9.14. The maximum absolute atomic E-state index is 14.1. The predicted molar refractivity (Wildman–Crippen MR) is 156 cm³/mol. The second kappa shape index (κ2) is 12.7. The van der Waals surface area contributed by atoms with Crippen molar-refractivity contribution < 1.29 is 40.3 Å². The number of nitrogens with one attached hydrogen (secondary N) is 2. The highest BCUT2D eigenvalue weighted by molar-refractivity contribution is 5.98. The van der Waals surface area contributed by atoms with Gasteiger partial charge in [-0.05, 0) is 37.8 Å². The van der Waals surface area contributed by atoms with E-state index in [9.17, 15) is 40.3 Å². The molecule has 18 heteroatoms. The van der Waals surface area contributed by atoms with Crippen LogP contribution in [0.15, 0.2) is 24.0 Å². The van der Waals surface area contributed by atoms with E-state index >= 15 is 0 Å². The number of hydrogen-bond acceptors (Lipinski definition) is 7. The summed E-state index contributed by atoms with van der Waals surface area (Å²) >= 11 is 0. The lowest BCUT2D eigenvalue weighted by Gasteiger charge is -2.30. The first-order valence-electron chi connectivity index (χ1n) is 15.7. The van der Waals surface area contributed by atoms with E-state index in [1.165, 1.54) is 32.6 Å². The Bertz CT molecular complexity index is 1720. The van der Waals surface area contributed by atoms with Gasteiger partial charge in [-0.2, -0.15) is 23.4 Å². The number of carbonyl (C=O) groups excluding carboxylic acids is 2. The van der Waals surface area contributed by atoms with Gasteiger partial charge in [-0.3, -0.25) is 19.2 Å². The van der Waals surface area contributed by atoms with Gasteiger partial charge in [0.1, 0.15) is 11.4 Å². The molecule has 2 saturated heterocycles. The Morgan fingerprint density at radius 3 is 2.50 bits per heavy atom. The van der Waals surface area contributed by atoms with E-state index in [1.807, 2.05) is 0 Å². The molecule has 5 heterocycles. The van der Waals surface area contributed by atoms with Gasteiger partial charge in [0.05, 0.1) is 35.7 Å². The standard InChI is InChI=1S/C30H34F7N9O2/c1-2-45-23(5-9-39-45)26(48)42-24(17-3-6-28(31,32)7-4-17)22-15-46-27(41-22)40-21(14-44-10-8-29(33,34)16-44)20(43-46)12-18-11-19(30(35,36)37)13-38-25(18)47/h5,9,15,18-19H,2-4,6-8,10-14,16H2,1H3,(H,38,47)(H,42,48)/t18-,19-/m1/s1. The Hall–Kier alpha value is -4.09. The van der Waals surface area contributed by atoms with E-state index in [0.29, 0.717) is 12.1 Å². The third-order valence-electron chi connectivity index (χ3n) is 9.14. The maximum Gasteiger partial charge on any atom is 0.393 e. The largest absolute Gasteiger partial charge is 0.393 e. The lowest BCUT2D eigenvalue weighted by atomic mass is 9.86. The van der Waals surface area contributed by atoms with Crippen LogP contribution in [0.3, 0.4) is 0 Å². The fourth-order valence-electron chi connectivity index (χ4n) is 6.46. The van der Waals surface area contributed by atoms with Crippen LogP contribution >= 0.6 is 0 Å². The molecule has 3 fully saturated rings. The summed E-state index contributed by atoms with van der Waals surface area (Å²) in [6.45, 7) is 1.02. The van der Waals surface area contributed by atoms with Crippen molar-refractivity contribution >= 4 is 23.3 Å². The molecule has 1 aliphatic carbocycles. The van der Waals surface area contributed by atoms with Crippen LogP contribution in [0.2, 0.25) is 0 Å². The summed E-state index contributed by atoms with van der Waals surface area (Å²) in [5.41, 5.74) is 1.39. The smallest absolute Gasteiger partial charge is 0.355 e. The van der Waals surface area contributed by atoms with Gasteiger partial charge < -0.3 is 10.6 Å². The number of aryl methyl sites for hydroxylation is 1. The number of halogens is 7. The molecule has 3 aliphatic rings. The van der Waals surface area contributed by atoms with Crippen molar-refractivity contribution in [1.29, 1.82) is 0 Å². The number of amides is 2. The van der Waals surface area contributed by atoms with Crippen LogP contribution in [0.5, 0.6) is 0 Å². The number of piperidine rings is 1. The lowest BCUT2D eigenvalue weighted by Crippen LogP contribution is -2.47. The minimum absolute atomic E-state index is 0.0111. The van der Waals surface area contributed by atoms with Gasteiger partial charge in [0, 0.05) is 64.0 Å². The number of aromatic nitrogens is 6. The summed E-state index contributed by atoms with van der Waals surface area (Å²) in [6, 6.07) is 1.51. The van der Waals surface area contributed by atoms with Gasteiger partial charge in [-0.1, -0.05) is 0 Å². The monoisotopic (exact) mass is 685 g/mol. The van der Waals surface area contributed by atoms with E-state index in [1.54, 1.807) is 6.92 Å². The molecular formula is C30H34F7N9O2. The summed E-state index contributed by atoms with van der Waals surface area (Å²) in [4.78, 5) is 36.5. The topological polar surface area (TPSA) is 122 Å². The first-order valence-corrected chi connectivity index (χ1v) is 15.7. The van der Waals surface area contributed by atoms with Gasteiger partial charge in [0.15, 0.2) is 0 Å². The molecule has 0 spiro atoms. The van der Waals surface area contributed by atoms with Crippen LogP contribution in [0, 0.1) is 11.8 Å². The first-order chi connectivity index (χ1) is 22.6. The zero-order valence-corrected chi connectivity index (χ0v) is 26.0. The second-order valence-electron chi connectivity index (χ2n) is 12.6. The van der Waals surface area contributed by atoms with Gasteiger partial charge in [-0.15, -0.1) is 0 Å². The molecule has 2 atom stereocenters. The van der Waals surface area contributed by atoms with Crippen LogP contribution in [-0.4, -0.2) is 83.7 Å². The number of carbonyl (C=O) groups is 2. The molecule has 2 aliphatic heterocycles. The molecule has 48 heavy (non-hydrogen) atoms. The van der Waals surface area contributed by atoms with E-state index < -0.39 is 74.0 Å². The van der Waals surface area contributed by atoms with Crippen molar-refractivity contribution in [2.45, 2.75) is 83.0 Å². The number of nitrogens with zero attached hydrogens (tertiary/aromatic N) is 7. The van der Waals surface area contributed by atoms with E-state index in [4.69, 9.17) is 0 Å². The lowest BCUT2D eigenvalue weighted by molar-refractivity contribution is -0.183. The van der Waals surface area contributed by atoms with Crippen molar-refractivity contribution in [3.8, 4) is 0 Å². The number of allylic oxidation sites excluding steroid dienone is 1. The van der Waals surface area contributed by atoms with Crippen LogP contribution in [-0.2, 0) is 24.3 Å². The van der Waals surface area contributed by atoms with Crippen LogP contribution in [0.4, 0.5) is 30.7 Å². The summed E-state index contributed by atoms with van der Waals surface area (Å²) in [7, 11) is 0. The van der Waals surface area contributed by atoms with E-state index in [2.05, 4.69) is 30.8 Å². The molecule has 260 valence electrons. The van der Waals surface area contributed by atoms with Gasteiger partial charge in [0.2, 0.25) is 11.8 Å². The highest BCUT2D eigenvalue weighted by atomic mass is 19.4. The van der Waals surface area contributed by atoms with Crippen molar-refractivity contribution in [2.24, 2.45) is 11.8 Å².